The Balaban J connectivity index is 2.21. The molecule has 6 heteroatoms. The van der Waals surface area contributed by atoms with Crippen molar-refractivity contribution < 1.29 is 4.79 Å². The molecule has 1 atom stereocenters. The highest BCUT2D eigenvalue weighted by Crippen LogP contribution is 2.40. The second-order valence-electron chi connectivity index (χ2n) is 6.44. The van der Waals surface area contributed by atoms with E-state index in [1.54, 1.807) is 44.3 Å². The van der Waals surface area contributed by atoms with Crippen LogP contribution >= 0.6 is 0 Å². The number of amides is 1. The van der Waals surface area contributed by atoms with Crippen LogP contribution in [0.25, 0.3) is 5.70 Å². The number of nitriles is 2. The lowest BCUT2D eigenvalue weighted by atomic mass is 9.80. The summed E-state index contributed by atoms with van der Waals surface area (Å²) in [6, 6.07) is 18.7. The van der Waals surface area contributed by atoms with Crippen LogP contribution in [-0.2, 0) is 0 Å². The molecule has 2 aromatic carbocycles. The average Bonchev–Trinajstić information content (AvgIpc) is 2.73. The number of hydrogen-bond donors (Lipinski definition) is 3. The Kier molecular flexibility index (Phi) is 5.15. The van der Waals surface area contributed by atoms with Crippen LogP contribution in [0, 0.1) is 22.7 Å². The van der Waals surface area contributed by atoms with Crippen molar-refractivity contribution in [3.05, 3.63) is 82.1 Å². The second kappa shape index (κ2) is 7.69. The lowest BCUT2D eigenvalue weighted by Crippen LogP contribution is -2.24. The summed E-state index contributed by atoms with van der Waals surface area (Å²) in [5, 5.41) is 25.5. The molecule has 0 saturated heterocycles. The Morgan fingerprint density at radius 2 is 1.79 bits per heavy atom. The molecule has 1 heterocycles. The highest BCUT2D eigenvalue weighted by atomic mass is 16.1. The number of anilines is 1. The van der Waals surface area contributed by atoms with Crippen LogP contribution < -0.4 is 16.4 Å². The number of nitrogens with one attached hydrogen (secondary N) is 2. The van der Waals surface area contributed by atoms with Crippen molar-refractivity contribution in [1.82, 2.24) is 10.6 Å². The van der Waals surface area contributed by atoms with E-state index in [-0.39, 0.29) is 5.91 Å². The van der Waals surface area contributed by atoms with Gasteiger partial charge in [0.25, 0.3) is 5.91 Å². The van der Waals surface area contributed by atoms with Crippen LogP contribution in [0.1, 0.15) is 34.3 Å². The molecule has 2 aromatic rings. The van der Waals surface area contributed by atoms with Crippen LogP contribution in [0.15, 0.2) is 65.4 Å². The zero-order chi connectivity index (χ0) is 20.3. The molecule has 4 N–H and O–H groups in total. The van der Waals surface area contributed by atoms with Crippen molar-refractivity contribution in [1.29, 1.82) is 10.5 Å². The van der Waals surface area contributed by atoms with Gasteiger partial charge in [-0.15, -0.1) is 0 Å². The Morgan fingerprint density at radius 1 is 1.11 bits per heavy atom. The highest BCUT2D eigenvalue weighted by Gasteiger charge is 2.31. The minimum atomic E-state index is -0.562. The van der Waals surface area contributed by atoms with E-state index in [9.17, 15) is 15.3 Å². The van der Waals surface area contributed by atoms with Gasteiger partial charge in [-0.05, 0) is 42.3 Å². The van der Waals surface area contributed by atoms with Gasteiger partial charge >= 0.3 is 0 Å². The van der Waals surface area contributed by atoms with Crippen molar-refractivity contribution in [3.63, 3.8) is 0 Å². The van der Waals surface area contributed by atoms with Gasteiger partial charge in [-0.3, -0.25) is 4.79 Å². The third-order valence-corrected chi connectivity index (χ3v) is 4.71. The molecule has 1 unspecified atom stereocenters. The number of nitrogen functional groups attached to an aromatic ring is 1. The Hall–Kier alpha value is -4.03. The van der Waals surface area contributed by atoms with Crippen LogP contribution in [0.4, 0.5) is 5.69 Å². The van der Waals surface area contributed by atoms with E-state index >= 15 is 0 Å². The summed E-state index contributed by atoms with van der Waals surface area (Å²) in [5.74, 6) is -0.787. The summed E-state index contributed by atoms with van der Waals surface area (Å²) in [4.78, 5) is 12.0. The number of carbonyl (C=O) groups is 1. The fraction of sp³-hybridized carbons (Fsp3) is 0.136. The lowest BCUT2D eigenvalue weighted by molar-refractivity contribution is 0.0963. The highest BCUT2D eigenvalue weighted by molar-refractivity contribution is 5.94. The van der Waals surface area contributed by atoms with Gasteiger partial charge in [0.2, 0.25) is 0 Å². The predicted octanol–water partition coefficient (Wildman–Crippen LogP) is 3.05. The number of carbonyl (C=O) groups excluding carboxylic acids is 1. The summed E-state index contributed by atoms with van der Waals surface area (Å²) < 4.78 is 0. The Morgan fingerprint density at radius 3 is 2.39 bits per heavy atom. The third-order valence-electron chi connectivity index (χ3n) is 4.71. The van der Waals surface area contributed by atoms with E-state index in [0.717, 1.165) is 5.56 Å². The molecule has 3 rings (SSSR count). The number of benzene rings is 2. The van der Waals surface area contributed by atoms with Gasteiger partial charge in [0, 0.05) is 24.0 Å². The zero-order valence-corrected chi connectivity index (χ0v) is 15.6. The number of nitrogens with zero attached hydrogens (tertiary/aromatic N) is 2. The first-order valence-corrected chi connectivity index (χ1v) is 8.70. The Bertz CT molecular complexity index is 1080. The van der Waals surface area contributed by atoms with Gasteiger partial charge in [-0.25, -0.2) is 0 Å². The molecule has 28 heavy (non-hydrogen) atoms. The van der Waals surface area contributed by atoms with Crippen molar-refractivity contribution in [2.24, 2.45) is 0 Å². The molecule has 0 spiro atoms. The molecule has 1 aliphatic rings. The van der Waals surface area contributed by atoms with E-state index in [2.05, 4.69) is 22.8 Å². The molecule has 138 valence electrons. The molecular formula is C22H19N5O. The van der Waals surface area contributed by atoms with Crippen LogP contribution in [0.3, 0.4) is 0 Å². The molecular weight excluding hydrogens is 350 g/mol. The largest absolute Gasteiger partial charge is 0.399 e. The number of nitrogens with two attached hydrogens (primary N) is 1. The summed E-state index contributed by atoms with van der Waals surface area (Å²) >= 11 is 0. The van der Waals surface area contributed by atoms with Gasteiger partial charge in [0.05, 0.1) is 34.9 Å². The SMILES string of the molecule is CNC(=O)c1cccc(C2C(C#N)=C(C)NC(c3ccc(N)cc3)=C2C#N)c1. The van der Waals surface area contributed by atoms with Gasteiger partial charge in [-0.2, -0.15) is 10.5 Å². The molecule has 0 aromatic heterocycles. The van der Waals surface area contributed by atoms with Gasteiger partial charge < -0.3 is 16.4 Å². The maximum absolute atomic E-state index is 12.0. The minimum absolute atomic E-state index is 0.226. The molecule has 0 saturated carbocycles. The van der Waals surface area contributed by atoms with E-state index in [1.807, 2.05) is 18.2 Å². The smallest absolute Gasteiger partial charge is 0.251 e. The molecule has 0 radical (unpaired) electrons. The number of hydrogen-bond acceptors (Lipinski definition) is 5. The Labute approximate surface area is 163 Å². The fourth-order valence-electron chi connectivity index (χ4n) is 3.31. The van der Waals surface area contributed by atoms with E-state index in [0.29, 0.717) is 39.4 Å². The van der Waals surface area contributed by atoms with Crippen molar-refractivity contribution in [2.45, 2.75) is 12.8 Å². The summed E-state index contributed by atoms with van der Waals surface area (Å²) in [6.45, 7) is 1.81. The average molecular weight is 369 g/mol. The van der Waals surface area contributed by atoms with E-state index in [4.69, 9.17) is 5.73 Å². The third kappa shape index (κ3) is 3.32. The fourth-order valence-corrected chi connectivity index (χ4v) is 3.31. The molecule has 1 amide bonds. The van der Waals surface area contributed by atoms with E-state index in [1.165, 1.54) is 0 Å². The maximum Gasteiger partial charge on any atom is 0.251 e. The number of allylic oxidation sites excluding steroid dienone is 3. The number of rotatable bonds is 3. The van der Waals surface area contributed by atoms with Crippen LogP contribution in [0.5, 0.6) is 0 Å². The second-order valence-corrected chi connectivity index (χ2v) is 6.44. The molecule has 0 bridgehead atoms. The predicted molar refractivity (Wildman–Crippen MR) is 107 cm³/mol. The summed E-state index contributed by atoms with van der Waals surface area (Å²) in [5.41, 5.74) is 10.6. The van der Waals surface area contributed by atoms with E-state index < -0.39 is 5.92 Å². The monoisotopic (exact) mass is 369 g/mol. The van der Waals surface area contributed by atoms with Crippen molar-refractivity contribution in [3.8, 4) is 12.1 Å². The quantitative estimate of drug-likeness (QED) is 0.719. The summed E-state index contributed by atoms with van der Waals surface area (Å²) in [6.07, 6.45) is 0. The van der Waals surface area contributed by atoms with Crippen LogP contribution in [-0.4, -0.2) is 13.0 Å². The zero-order valence-electron chi connectivity index (χ0n) is 15.6. The van der Waals surface area contributed by atoms with Gasteiger partial charge in [0.1, 0.15) is 0 Å². The number of dihydropyridines is 1. The first kappa shape index (κ1) is 18.8. The standard InChI is InChI=1S/C22H19N5O/c1-13-18(11-23)20(15-4-3-5-16(10-15)22(28)26-2)19(12-24)21(27-13)14-6-8-17(25)9-7-14/h3-10,20,27H,25H2,1-2H3,(H,26,28). The molecule has 0 aliphatic carbocycles. The first-order chi connectivity index (χ1) is 13.5. The van der Waals surface area contributed by atoms with Crippen LogP contribution in [0.2, 0.25) is 0 Å². The summed E-state index contributed by atoms with van der Waals surface area (Å²) in [7, 11) is 1.56. The first-order valence-electron chi connectivity index (χ1n) is 8.70. The maximum atomic E-state index is 12.0. The van der Waals surface area contributed by atoms with Crippen molar-refractivity contribution >= 4 is 17.3 Å². The molecule has 6 nitrogen and oxygen atoms in total. The van der Waals surface area contributed by atoms with Gasteiger partial charge in [-0.1, -0.05) is 24.3 Å². The molecule has 0 fully saturated rings. The van der Waals surface area contributed by atoms with Crippen molar-refractivity contribution in [2.75, 3.05) is 12.8 Å². The normalized spacial score (nSPS) is 16.1. The van der Waals surface area contributed by atoms with Gasteiger partial charge in [0.15, 0.2) is 0 Å². The lowest BCUT2D eigenvalue weighted by Gasteiger charge is -2.28. The molecule has 1 aliphatic heterocycles. The minimum Gasteiger partial charge on any atom is -0.399 e. The topological polar surface area (TPSA) is 115 Å².